The maximum atomic E-state index is 8.43. The molecule has 0 atom stereocenters. The van der Waals surface area contributed by atoms with Gasteiger partial charge in [0.25, 0.3) is 0 Å². The van der Waals surface area contributed by atoms with E-state index in [1.807, 2.05) is 24.3 Å². The smallest absolute Gasteiger partial charge is 0.127 e. The third-order valence-electron chi connectivity index (χ3n) is 2.44. The first-order valence-electron chi connectivity index (χ1n) is 5.39. The van der Waals surface area contributed by atoms with Gasteiger partial charge in [-0.25, -0.2) is 0 Å². The van der Waals surface area contributed by atoms with Crippen molar-refractivity contribution in [1.29, 1.82) is 5.26 Å². The predicted octanol–water partition coefficient (Wildman–Crippen LogP) is 3.52. The van der Waals surface area contributed by atoms with Gasteiger partial charge in [0.05, 0.1) is 12.7 Å². The molecule has 0 saturated carbocycles. The zero-order chi connectivity index (χ0) is 11.2. The molecule has 0 spiro atoms. The van der Waals surface area contributed by atoms with Crippen LogP contribution in [-0.4, -0.2) is 6.61 Å². The molecule has 2 aromatic carbocycles. The van der Waals surface area contributed by atoms with E-state index in [4.69, 9.17) is 10.00 Å². The Morgan fingerprint density at radius 1 is 1.06 bits per heavy atom. The standard InChI is InChI=1S/C14H13NO/c15-10-3-4-11-16-14-9-5-7-12-6-1-2-8-13(12)14/h1-2,5-9H,3-4,11H2. The number of unbranched alkanes of at least 4 members (excludes halogenated alkanes) is 1. The molecule has 0 aliphatic heterocycles. The van der Waals surface area contributed by atoms with Crippen LogP contribution in [-0.2, 0) is 0 Å². The van der Waals surface area contributed by atoms with Crippen LogP contribution in [0.25, 0.3) is 10.8 Å². The summed E-state index contributed by atoms with van der Waals surface area (Å²) in [5.41, 5.74) is 0. The first kappa shape index (κ1) is 10.5. The van der Waals surface area contributed by atoms with Crippen molar-refractivity contribution in [3.8, 4) is 11.8 Å². The number of hydrogen-bond acceptors (Lipinski definition) is 2. The Hall–Kier alpha value is -2.01. The van der Waals surface area contributed by atoms with Gasteiger partial charge >= 0.3 is 0 Å². The summed E-state index contributed by atoms with van der Waals surface area (Å²) in [4.78, 5) is 0. The first-order valence-corrected chi connectivity index (χ1v) is 5.39. The summed E-state index contributed by atoms with van der Waals surface area (Å²) in [5, 5.41) is 10.7. The van der Waals surface area contributed by atoms with Crippen LogP contribution in [0.5, 0.6) is 5.75 Å². The summed E-state index contributed by atoms with van der Waals surface area (Å²) in [6, 6.07) is 16.3. The van der Waals surface area contributed by atoms with E-state index >= 15 is 0 Å². The molecule has 2 heteroatoms. The number of ether oxygens (including phenoxy) is 1. The molecule has 2 aromatic rings. The third-order valence-corrected chi connectivity index (χ3v) is 2.44. The Bertz CT molecular complexity index is 508. The van der Waals surface area contributed by atoms with Crippen LogP contribution >= 0.6 is 0 Å². The second kappa shape index (κ2) is 5.18. The second-order valence-electron chi connectivity index (χ2n) is 3.59. The van der Waals surface area contributed by atoms with E-state index in [0.717, 1.165) is 17.6 Å². The molecule has 0 aromatic heterocycles. The average Bonchev–Trinajstić information content (AvgIpc) is 2.35. The monoisotopic (exact) mass is 211 g/mol. The molecule has 0 N–H and O–H groups in total. The van der Waals surface area contributed by atoms with Crippen molar-refractivity contribution in [3.05, 3.63) is 42.5 Å². The van der Waals surface area contributed by atoms with Crippen LogP contribution in [0.2, 0.25) is 0 Å². The zero-order valence-electron chi connectivity index (χ0n) is 9.02. The molecule has 0 bridgehead atoms. The fourth-order valence-electron chi connectivity index (χ4n) is 1.65. The number of hydrogen-bond donors (Lipinski definition) is 0. The Labute approximate surface area is 95.1 Å². The highest BCUT2D eigenvalue weighted by Gasteiger charge is 2.00. The molecule has 0 radical (unpaired) electrons. The minimum absolute atomic E-state index is 0.546. The van der Waals surface area contributed by atoms with Crippen LogP contribution in [0.3, 0.4) is 0 Å². The van der Waals surface area contributed by atoms with Gasteiger partial charge in [-0.05, 0) is 17.9 Å². The minimum Gasteiger partial charge on any atom is -0.493 e. The molecule has 0 unspecified atom stereocenters. The quantitative estimate of drug-likeness (QED) is 0.725. The molecule has 0 aliphatic rings. The van der Waals surface area contributed by atoms with Gasteiger partial charge in [-0.15, -0.1) is 0 Å². The second-order valence-corrected chi connectivity index (χ2v) is 3.59. The van der Waals surface area contributed by atoms with Crippen molar-refractivity contribution >= 4 is 10.8 Å². The molecule has 2 nitrogen and oxygen atoms in total. The van der Waals surface area contributed by atoms with E-state index in [1.54, 1.807) is 0 Å². The van der Waals surface area contributed by atoms with Crippen LogP contribution in [0.4, 0.5) is 0 Å². The molecule has 2 rings (SSSR count). The molecule has 80 valence electrons. The highest BCUT2D eigenvalue weighted by atomic mass is 16.5. The summed E-state index contributed by atoms with van der Waals surface area (Å²) in [6.45, 7) is 0.599. The molecule has 16 heavy (non-hydrogen) atoms. The molecule has 0 fully saturated rings. The van der Waals surface area contributed by atoms with Gasteiger partial charge in [0.1, 0.15) is 5.75 Å². The van der Waals surface area contributed by atoms with Crippen molar-refractivity contribution in [1.82, 2.24) is 0 Å². The van der Waals surface area contributed by atoms with Gasteiger partial charge in [-0.3, -0.25) is 0 Å². The van der Waals surface area contributed by atoms with Crippen LogP contribution in [0.1, 0.15) is 12.8 Å². The highest BCUT2D eigenvalue weighted by Crippen LogP contribution is 2.25. The molecular weight excluding hydrogens is 198 g/mol. The lowest BCUT2D eigenvalue weighted by atomic mass is 10.1. The van der Waals surface area contributed by atoms with E-state index in [9.17, 15) is 0 Å². The van der Waals surface area contributed by atoms with E-state index < -0.39 is 0 Å². The molecular formula is C14H13NO. The zero-order valence-corrected chi connectivity index (χ0v) is 9.02. The summed E-state index contributed by atoms with van der Waals surface area (Å²) in [5.74, 6) is 0.899. The van der Waals surface area contributed by atoms with E-state index in [1.165, 1.54) is 5.39 Å². The van der Waals surface area contributed by atoms with Crippen molar-refractivity contribution in [2.45, 2.75) is 12.8 Å². The van der Waals surface area contributed by atoms with Crippen molar-refractivity contribution < 1.29 is 4.74 Å². The summed E-state index contributed by atoms with van der Waals surface area (Å²) in [6.07, 6.45) is 1.32. The lowest BCUT2D eigenvalue weighted by Gasteiger charge is -2.08. The molecule has 0 heterocycles. The maximum absolute atomic E-state index is 8.43. The Morgan fingerprint density at radius 2 is 1.88 bits per heavy atom. The van der Waals surface area contributed by atoms with Crippen molar-refractivity contribution in [2.75, 3.05) is 6.61 Å². The average molecular weight is 211 g/mol. The molecule has 0 aliphatic carbocycles. The van der Waals surface area contributed by atoms with Crippen LogP contribution < -0.4 is 4.74 Å². The lowest BCUT2D eigenvalue weighted by molar-refractivity contribution is 0.316. The normalized spacial score (nSPS) is 9.94. The molecule has 0 saturated heterocycles. The fourth-order valence-corrected chi connectivity index (χ4v) is 1.65. The topological polar surface area (TPSA) is 33.0 Å². The number of nitrogens with zero attached hydrogens (tertiary/aromatic N) is 1. The van der Waals surface area contributed by atoms with Crippen molar-refractivity contribution in [2.24, 2.45) is 0 Å². The van der Waals surface area contributed by atoms with Gasteiger partial charge in [0.2, 0.25) is 0 Å². The van der Waals surface area contributed by atoms with E-state index in [-0.39, 0.29) is 0 Å². The third kappa shape index (κ3) is 2.32. The van der Waals surface area contributed by atoms with Gasteiger partial charge in [-0.2, -0.15) is 5.26 Å². The predicted molar refractivity (Wildman–Crippen MR) is 64.3 cm³/mol. The summed E-state index contributed by atoms with van der Waals surface area (Å²) < 4.78 is 5.67. The van der Waals surface area contributed by atoms with Crippen LogP contribution in [0.15, 0.2) is 42.5 Å². The first-order chi connectivity index (χ1) is 7.92. The van der Waals surface area contributed by atoms with Gasteiger partial charge < -0.3 is 4.74 Å². The largest absolute Gasteiger partial charge is 0.493 e. The van der Waals surface area contributed by atoms with Crippen molar-refractivity contribution in [3.63, 3.8) is 0 Å². The number of benzene rings is 2. The summed E-state index contributed by atoms with van der Waals surface area (Å²) >= 11 is 0. The fraction of sp³-hybridized carbons (Fsp3) is 0.214. The SMILES string of the molecule is N#CCCCOc1cccc2ccccc12. The number of fused-ring (bicyclic) bond motifs is 1. The Balaban J connectivity index is 2.15. The van der Waals surface area contributed by atoms with Gasteiger partial charge in [0.15, 0.2) is 0 Å². The van der Waals surface area contributed by atoms with Crippen LogP contribution in [0, 0.1) is 11.3 Å². The van der Waals surface area contributed by atoms with E-state index in [0.29, 0.717) is 13.0 Å². The van der Waals surface area contributed by atoms with Gasteiger partial charge in [-0.1, -0.05) is 36.4 Å². The molecule has 0 amide bonds. The maximum Gasteiger partial charge on any atom is 0.127 e. The lowest BCUT2D eigenvalue weighted by Crippen LogP contribution is -1.97. The number of nitriles is 1. The number of rotatable bonds is 4. The minimum atomic E-state index is 0.546. The highest BCUT2D eigenvalue weighted by molar-refractivity contribution is 5.88. The summed E-state index contributed by atoms with van der Waals surface area (Å²) in [7, 11) is 0. The Kier molecular flexibility index (Phi) is 3.40. The van der Waals surface area contributed by atoms with E-state index in [2.05, 4.69) is 24.3 Å². The Morgan fingerprint density at radius 3 is 2.75 bits per heavy atom. The van der Waals surface area contributed by atoms with Gasteiger partial charge in [0, 0.05) is 11.8 Å².